The highest BCUT2D eigenvalue weighted by atomic mass is 31.2. The van der Waals surface area contributed by atoms with Crippen molar-refractivity contribution in [1.29, 1.82) is 0 Å². The summed E-state index contributed by atoms with van der Waals surface area (Å²) >= 11 is 0. The van der Waals surface area contributed by atoms with Gasteiger partial charge in [-0.1, -0.05) is 162 Å². The molecule has 1 saturated heterocycles. The zero-order chi connectivity index (χ0) is 39.2. The SMILES string of the molecule is CCCCCCCCCCCCCC(=O)O[C@@H]1[C@@H](NC(=O)CCCCCCCCC)[C@@H](OC(=O)CCCCCCCCC)O[C@H](CO)[C@H]1OP(=O)(O)O. The zero-order valence-corrected chi connectivity index (χ0v) is 34.3. The molecule has 0 radical (unpaired) electrons. The predicted octanol–water partition coefficient (Wildman–Crippen LogP) is 9.10. The molecule has 53 heavy (non-hydrogen) atoms. The molecule has 5 atom stereocenters. The molecule has 13 heteroatoms. The average Bonchev–Trinajstić information content (AvgIpc) is 3.11. The summed E-state index contributed by atoms with van der Waals surface area (Å²) in [7, 11) is -5.19. The lowest BCUT2D eigenvalue weighted by Crippen LogP contribution is -2.66. The monoisotopic (exact) mass is 778 g/mol. The minimum absolute atomic E-state index is 0.0439. The first kappa shape index (κ1) is 49.5. The molecule has 0 aromatic rings. The Morgan fingerprint density at radius 1 is 0.566 bits per heavy atom. The fourth-order valence-corrected chi connectivity index (χ4v) is 7.36. The Kier molecular flexibility index (Phi) is 29.5. The molecule has 1 fully saturated rings. The van der Waals surface area contributed by atoms with Gasteiger partial charge < -0.3 is 34.4 Å². The van der Waals surface area contributed by atoms with Crippen LogP contribution in [0.15, 0.2) is 0 Å². The maximum atomic E-state index is 13.3. The number of unbranched alkanes of at least 4 members (excludes halogenated alkanes) is 22. The number of ether oxygens (including phenoxy) is 3. The Balaban J connectivity index is 2.99. The van der Waals surface area contributed by atoms with Crippen molar-refractivity contribution in [3.8, 4) is 0 Å². The van der Waals surface area contributed by atoms with Crippen molar-refractivity contribution in [3.05, 3.63) is 0 Å². The van der Waals surface area contributed by atoms with Crippen LogP contribution in [-0.4, -0.2) is 70.0 Å². The van der Waals surface area contributed by atoms with E-state index >= 15 is 0 Å². The zero-order valence-electron chi connectivity index (χ0n) is 33.4. The molecule has 12 nitrogen and oxygen atoms in total. The molecule has 0 aromatic carbocycles. The Labute approximate surface area is 320 Å². The van der Waals surface area contributed by atoms with Gasteiger partial charge in [0, 0.05) is 19.3 Å². The molecule has 0 unspecified atom stereocenters. The van der Waals surface area contributed by atoms with Gasteiger partial charge in [0.15, 0.2) is 6.10 Å². The summed E-state index contributed by atoms with van der Waals surface area (Å²) in [6.07, 6.45) is 20.4. The van der Waals surface area contributed by atoms with Gasteiger partial charge in [-0.2, -0.15) is 0 Å². The highest BCUT2D eigenvalue weighted by molar-refractivity contribution is 7.46. The van der Waals surface area contributed by atoms with E-state index in [1.807, 2.05) is 0 Å². The molecular formula is C40H76NO11P. The number of hydrogen-bond acceptors (Lipinski definition) is 9. The molecule has 4 N–H and O–H groups in total. The van der Waals surface area contributed by atoms with E-state index < -0.39 is 62.9 Å². The molecule has 0 aromatic heterocycles. The molecule has 1 aliphatic rings. The van der Waals surface area contributed by atoms with E-state index in [1.165, 1.54) is 51.4 Å². The molecule has 0 bridgehead atoms. The fourth-order valence-electron chi connectivity index (χ4n) is 6.79. The van der Waals surface area contributed by atoms with Gasteiger partial charge in [0.1, 0.15) is 18.2 Å². The van der Waals surface area contributed by atoms with Crippen LogP contribution >= 0.6 is 7.82 Å². The summed E-state index contributed by atoms with van der Waals surface area (Å²) in [5, 5.41) is 13.0. The van der Waals surface area contributed by atoms with Crippen LogP contribution in [0.5, 0.6) is 0 Å². The summed E-state index contributed by atoms with van der Waals surface area (Å²) in [6, 6.07) is -1.33. The van der Waals surface area contributed by atoms with E-state index in [0.29, 0.717) is 19.3 Å². The standard InChI is InChI=1S/C40H76NO11P/c1-4-7-10-13-16-17-18-19-22-25-27-30-35(44)50-39-37(41-34(43)29-26-23-20-14-11-8-5-2)40(49-33(32-42)38(39)52-53(46,47)48)51-36(45)31-28-24-21-15-12-9-6-3/h33,37-40,42H,4-32H2,1-3H3,(H,41,43)(H2,46,47,48)/t33-,37-,38-,39-,40-/m1/s1. The van der Waals surface area contributed by atoms with Gasteiger partial charge in [-0.25, -0.2) is 4.57 Å². The quantitative estimate of drug-likeness (QED) is 0.0278. The molecule has 1 amide bonds. The van der Waals surface area contributed by atoms with Gasteiger partial charge in [0.25, 0.3) is 0 Å². The first-order valence-electron chi connectivity index (χ1n) is 21.2. The number of amides is 1. The minimum Gasteiger partial charge on any atom is -0.457 e. The van der Waals surface area contributed by atoms with Crippen molar-refractivity contribution in [2.75, 3.05) is 6.61 Å². The number of carbonyl (C=O) groups is 3. The van der Waals surface area contributed by atoms with Crippen molar-refractivity contribution in [2.45, 2.75) is 231 Å². The van der Waals surface area contributed by atoms with E-state index in [1.54, 1.807) is 0 Å². The summed E-state index contributed by atoms with van der Waals surface area (Å²) < 4.78 is 34.5. The number of aliphatic hydroxyl groups is 1. The molecule has 312 valence electrons. The summed E-state index contributed by atoms with van der Waals surface area (Å²) in [4.78, 5) is 59.1. The predicted molar refractivity (Wildman–Crippen MR) is 207 cm³/mol. The number of carbonyl (C=O) groups excluding carboxylic acids is 3. The molecule has 0 aliphatic carbocycles. The first-order chi connectivity index (χ1) is 25.6. The van der Waals surface area contributed by atoms with Crippen molar-refractivity contribution < 1.29 is 52.6 Å². The van der Waals surface area contributed by atoms with Gasteiger partial charge in [-0.05, 0) is 19.3 Å². The second-order valence-corrected chi connectivity index (χ2v) is 16.0. The molecule has 1 rings (SSSR count). The lowest BCUT2D eigenvalue weighted by atomic mass is 9.96. The fraction of sp³-hybridized carbons (Fsp3) is 0.925. The summed E-state index contributed by atoms with van der Waals surface area (Å²) in [5.41, 5.74) is 0. The minimum atomic E-state index is -5.19. The number of esters is 2. The molecular weight excluding hydrogens is 701 g/mol. The molecule has 1 heterocycles. The third-order valence-electron chi connectivity index (χ3n) is 9.90. The molecule has 1 aliphatic heterocycles. The Morgan fingerprint density at radius 3 is 1.34 bits per heavy atom. The Hall–Kier alpha value is -1.56. The van der Waals surface area contributed by atoms with Crippen LogP contribution in [0, 0.1) is 0 Å². The number of aliphatic hydroxyl groups excluding tert-OH is 1. The maximum Gasteiger partial charge on any atom is 0.470 e. The first-order valence-corrected chi connectivity index (χ1v) is 22.8. The van der Waals surface area contributed by atoms with Gasteiger partial charge in [-0.3, -0.25) is 18.9 Å². The Morgan fingerprint density at radius 2 is 0.943 bits per heavy atom. The third kappa shape index (κ3) is 25.3. The maximum absolute atomic E-state index is 13.3. The van der Waals surface area contributed by atoms with Gasteiger partial charge in [0.2, 0.25) is 12.2 Å². The summed E-state index contributed by atoms with van der Waals surface area (Å²) in [5.74, 6) is -1.65. The number of hydrogen-bond donors (Lipinski definition) is 4. The lowest BCUT2D eigenvalue weighted by Gasteiger charge is -2.44. The van der Waals surface area contributed by atoms with Crippen molar-refractivity contribution >= 4 is 25.7 Å². The van der Waals surface area contributed by atoms with Gasteiger partial charge >= 0.3 is 19.8 Å². The number of phosphoric acid groups is 1. The van der Waals surface area contributed by atoms with Crippen molar-refractivity contribution in [2.24, 2.45) is 0 Å². The van der Waals surface area contributed by atoms with E-state index in [-0.39, 0.29) is 19.3 Å². The number of nitrogens with one attached hydrogen (secondary N) is 1. The van der Waals surface area contributed by atoms with E-state index in [0.717, 1.165) is 89.9 Å². The number of phosphoric ester groups is 1. The van der Waals surface area contributed by atoms with Gasteiger partial charge in [0.05, 0.1) is 6.61 Å². The highest BCUT2D eigenvalue weighted by Gasteiger charge is 2.52. The van der Waals surface area contributed by atoms with E-state index in [2.05, 4.69) is 26.1 Å². The largest absolute Gasteiger partial charge is 0.470 e. The van der Waals surface area contributed by atoms with Crippen LogP contribution < -0.4 is 5.32 Å². The highest BCUT2D eigenvalue weighted by Crippen LogP contribution is 2.42. The molecule has 0 spiro atoms. The average molecular weight is 778 g/mol. The van der Waals surface area contributed by atoms with Crippen LogP contribution in [0.4, 0.5) is 0 Å². The summed E-state index contributed by atoms with van der Waals surface area (Å²) in [6.45, 7) is 5.74. The normalized spacial score (nSPS) is 20.3. The van der Waals surface area contributed by atoms with Crippen LogP contribution in [-0.2, 0) is 37.7 Å². The third-order valence-corrected chi connectivity index (χ3v) is 10.4. The van der Waals surface area contributed by atoms with Gasteiger partial charge in [-0.15, -0.1) is 0 Å². The Bertz CT molecular complexity index is 994. The molecule has 0 saturated carbocycles. The van der Waals surface area contributed by atoms with Crippen molar-refractivity contribution in [3.63, 3.8) is 0 Å². The van der Waals surface area contributed by atoms with Crippen LogP contribution in [0.2, 0.25) is 0 Å². The topological polar surface area (TPSA) is 178 Å². The van der Waals surface area contributed by atoms with Crippen LogP contribution in [0.3, 0.4) is 0 Å². The van der Waals surface area contributed by atoms with Crippen molar-refractivity contribution in [1.82, 2.24) is 5.32 Å². The van der Waals surface area contributed by atoms with E-state index in [9.17, 15) is 33.8 Å². The second kappa shape index (κ2) is 31.6. The van der Waals surface area contributed by atoms with Crippen LogP contribution in [0.25, 0.3) is 0 Å². The lowest BCUT2D eigenvalue weighted by molar-refractivity contribution is -0.264. The smallest absolute Gasteiger partial charge is 0.457 e. The number of rotatable bonds is 34. The van der Waals surface area contributed by atoms with E-state index in [4.69, 9.17) is 18.7 Å². The van der Waals surface area contributed by atoms with Crippen LogP contribution in [0.1, 0.15) is 201 Å². The second-order valence-electron chi connectivity index (χ2n) is 14.9.